The van der Waals surface area contributed by atoms with E-state index in [4.69, 9.17) is 22.5 Å². The Kier molecular flexibility index (Phi) is 11.2. The van der Waals surface area contributed by atoms with Crippen molar-refractivity contribution in [1.82, 2.24) is 0 Å². The van der Waals surface area contributed by atoms with Crippen LogP contribution in [0.3, 0.4) is 0 Å². The van der Waals surface area contributed by atoms with Gasteiger partial charge in [-0.25, -0.2) is 0 Å². The summed E-state index contributed by atoms with van der Waals surface area (Å²) < 4.78 is 0. The molecule has 0 nitrogen and oxygen atoms in total. The molecule has 276 valence electrons. The lowest BCUT2D eigenvalue weighted by molar-refractivity contribution is 1.31. The molecule has 7 rings (SSSR count). The molecule has 4 unspecified atom stereocenters. The molecular formula is C48H50Cl2P4. The second-order valence-corrected chi connectivity index (χ2v) is 37.1. The van der Waals surface area contributed by atoms with Crippen molar-refractivity contribution in [3.8, 4) is 49.8 Å². The highest BCUT2D eigenvalue weighted by Crippen LogP contribution is 3.04. The summed E-state index contributed by atoms with van der Waals surface area (Å²) >= 11 is 16.1. The molecule has 6 aromatic carbocycles. The highest BCUT2D eigenvalue weighted by Gasteiger charge is 2.37. The topological polar surface area (TPSA) is 0 Å². The van der Waals surface area contributed by atoms with E-state index in [1.54, 1.807) is 0 Å². The quantitative estimate of drug-likeness (QED) is 0.141. The van der Waals surface area contributed by atoms with Gasteiger partial charge in [-0.3, -0.25) is 0 Å². The van der Waals surface area contributed by atoms with Crippen LogP contribution in [-0.2, 0) is 0 Å². The van der Waals surface area contributed by atoms with Gasteiger partial charge in [0, 0.05) is 16.8 Å². The predicted molar refractivity (Wildman–Crippen MR) is 250 cm³/mol. The molecular weight excluding hydrogens is 771 g/mol. The minimum atomic E-state index is -1.12. The largest absolute Gasteiger partial charge is 0.0807 e. The van der Waals surface area contributed by atoms with Crippen molar-refractivity contribution in [3.05, 3.63) is 152 Å². The zero-order valence-electron chi connectivity index (χ0n) is 33.6. The van der Waals surface area contributed by atoms with Crippen LogP contribution in [0.1, 0.15) is 66.8 Å². The predicted octanol–water partition coefficient (Wildman–Crippen LogP) is 17.7. The molecule has 54 heavy (non-hydrogen) atoms. The maximum atomic E-state index is 8.23. The Balaban J connectivity index is 1.55. The van der Waals surface area contributed by atoms with Gasteiger partial charge in [0.05, 0.1) is 6.96 Å². The maximum absolute atomic E-state index is 8.23. The summed E-state index contributed by atoms with van der Waals surface area (Å²) in [6, 6.07) is 32.5. The van der Waals surface area contributed by atoms with Crippen molar-refractivity contribution in [1.29, 1.82) is 0 Å². The van der Waals surface area contributed by atoms with E-state index in [2.05, 4.69) is 168 Å². The molecule has 0 aliphatic rings. The highest BCUT2D eigenvalue weighted by atomic mass is 35.7. The molecule has 0 N–H and O–H groups in total. The highest BCUT2D eigenvalue weighted by molar-refractivity contribution is 8.97. The van der Waals surface area contributed by atoms with Crippen LogP contribution in [-0.4, -0.2) is 0 Å². The molecule has 0 aliphatic heterocycles. The number of hydrogen-bond acceptors (Lipinski definition) is 0. The number of aryl methyl sites for hydroxylation is 12. The van der Waals surface area contributed by atoms with Crippen LogP contribution in [0.5, 0.6) is 0 Å². The third-order valence-corrected chi connectivity index (χ3v) is 43.9. The summed E-state index contributed by atoms with van der Waals surface area (Å²) in [6.07, 6.45) is -0.805. The lowest BCUT2D eigenvalue weighted by Gasteiger charge is -2.23. The van der Waals surface area contributed by atoms with E-state index in [9.17, 15) is 0 Å². The minimum absolute atomic E-state index is 0.692. The van der Waals surface area contributed by atoms with Crippen LogP contribution in [0.15, 0.2) is 84.9 Å². The molecule has 1 aromatic heterocycles. The first-order chi connectivity index (χ1) is 25.6. The SMILES string of the molecule is Cc1cc(C)c(-c2cccc(-c3c(C)cc(C)cc3C)c2P(Cl)p2p(Cl)p2-c2c(-c3c(C)cc(C)cc3C)cccc2-c2c(C)cc(C)cc2C)c(C)c1. The van der Waals surface area contributed by atoms with Crippen molar-refractivity contribution >= 4 is 54.5 Å². The molecule has 0 aliphatic carbocycles. The summed E-state index contributed by atoms with van der Waals surface area (Å²) in [6.45, 7) is 24.4. The third-order valence-electron chi connectivity index (χ3n) is 10.8. The normalized spacial score (nSPS) is 13.2. The molecule has 7 aromatic rings. The van der Waals surface area contributed by atoms with Gasteiger partial charge in [-0.05, 0) is 186 Å². The third kappa shape index (κ3) is 7.07. The van der Waals surface area contributed by atoms with E-state index in [1.165, 1.54) is 122 Å². The Morgan fingerprint density at radius 3 is 0.963 bits per heavy atom. The Bertz CT molecular complexity index is 2370. The van der Waals surface area contributed by atoms with Crippen LogP contribution in [0.25, 0.3) is 49.8 Å². The summed E-state index contributed by atoms with van der Waals surface area (Å²) in [5.74, 6) is 0. The lowest BCUT2D eigenvalue weighted by atomic mass is 9.89. The summed E-state index contributed by atoms with van der Waals surface area (Å²) in [5.41, 5.74) is 26.2. The van der Waals surface area contributed by atoms with Gasteiger partial charge in [0.1, 0.15) is 0 Å². The number of benzene rings is 6. The first-order valence-electron chi connectivity index (χ1n) is 18.7. The van der Waals surface area contributed by atoms with Gasteiger partial charge in [0.25, 0.3) is 0 Å². The van der Waals surface area contributed by atoms with E-state index >= 15 is 0 Å². The smallest absolute Gasteiger partial charge is 0.0806 e. The molecule has 4 atom stereocenters. The van der Waals surface area contributed by atoms with E-state index < -0.39 is 26.7 Å². The fourth-order valence-electron chi connectivity index (χ4n) is 9.23. The number of hydrogen-bond donors (Lipinski definition) is 0. The van der Waals surface area contributed by atoms with Crippen LogP contribution in [0.2, 0.25) is 0 Å². The molecule has 0 fully saturated rings. The van der Waals surface area contributed by atoms with Gasteiger partial charge in [-0.2, -0.15) is 0 Å². The molecule has 1 heterocycles. The zero-order valence-corrected chi connectivity index (χ0v) is 38.7. The Hall–Kier alpha value is -2.77. The van der Waals surface area contributed by atoms with Crippen LogP contribution < -0.4 is 5.30 Å². The summed E-state index contributed by atoms with van der Waals surface area (Å²) in [7, 11) is 0. The van der Waals surface area contributed by atoms with Crippen molar-refractivity contribution in [2.45, 2.75) is 83.1 Å². The molecule has 6 heteroatoms. The maximum Gasteiger partial charge on any atom is 0.0807 e. The number of rotatable bonds is 7. The molecule has 0 amide bonds. The van der Waals surface area contributed by atoms with Crippen LogP contribution in [0.4, 0.5) is 0 Å². The first-order valence-corrected chi connectivity index (χ1v) is 28.7. The van der Waals surface area contributed by atoms with Gasteiger partial charge in [0.2, 0.25) is 0 Å². The van der Waals surface area contributed by atoms with Gasteiger partial charge >= 0.3 is 0 Å². The van der Waals surface area contributed by atoms with Crippen molar-refractivity contribution < 1.29 is 0 Å². The minimum Gasteiger partial charge on any atom is -0.0806 e. The van der Waals surface area contributed by atoms with Gasteiger partial charge in [-0.1, -0.05) is 130 Å². The van der Waals surface area contributed by atoms with E-state index in [0.29, 0.717) is 0 Å². The van der Waals surface area contributed by atoms with Crippen LogP contribution >= 0.6 is 49.1 Å². The van der Waals surface area contributed by atoms with Gasteiger partial charge in [-0.15, -0.1) is 0 Å². The van der Waals surface area contributed by atoms with E-state index in [1.807, 2.05) is 0 Å². The second kappa shape index (κ2) is 15.3. The lowest BCUT2D eigenvalue weighted by Crippen LogP contribution is -2.09. The first kappa shape index (κ1) is 39.5. The van der Waals surface area contributed by atoms with Gasteiger partial charge < -0.3 is 0 Å². The summed E-state index contributed by atoms with van der Waals surface area (Å²) in [5, 5.41) is 2.77. The van der Waals surface area contributed by atoms with Crippen molar-refractivity contribution in [3.63, 3.8) is 0 Å². The fraction of sp³-hybridized carbons (Fsp3) is 0.250. The summed E-state index contributed by atoms with van der Waals surface area (Å²) in [4.78, 5) is 0. The Morgan fingerprint density at radius 1 is 0.407 bits per heavy atom. The molecule has 0 radical (unpaired) electrons. The Morgan fingerprint density at radius 2 is 0.667 bits per heavy atom. The number of halogens is 2. The van der Waals surface area contributed by atoms with Gasteiger partial charge in [0.15, 0.2) is 0 Å². The molecule has 0 bridgehead atoms. The van der Waals surface area contributed by atoms with E-state index in [0.717, 1.165) is 0 Å². The molecule has 0 saturated carbocycles. The monoisotopic (exact) mass is 820 g/mol. The van der Waals surface area contributed by atoms with Crippen molar-refractivity contribution in [2.24, 2.45) is 0 Å². The standard InChI is InChI=1S/C48H50Cl2P4/c1-27-19-31(5)43(32(6)20-27)39-15-13-16-40(44-33(7)21-28(2)22-34(44)8)47(39)51(49)54-52(53(54)50)48-41(45-35(9)23-29(3)24-36(45)10)17-14-18-42(48)46-37(11)25-30(4)26-38(46)12/h13-26H,1-12H3. The average Bonchev–Trinajstić information content (AvgIpc) is 3.72. The van der Waals surface area contributed by atoms with E-state index in [-0.39, 0.29) is 0 Å². The average molecular weight is 822 g/mol. The molecule has 0 spiro atoms. The Labute approximate surface area is 337 Å². The van der Waals surface area contributed by atoms with Crippen LogP contribution in [0, 0.1) is 83.1 Å². The fourth-order valence-corrected chi connectivity index (χ4v) is 53.2. The zero-order chi connectivity index (χ0) is 38.9. The molecule has 0 saturated heterocycles. The van der Waals surface area contributed by atoms with Crippen molar-refractivity contribution in [2.75, 3.05) is 0 Å². The second-order valence-electron chi connectivity index (χ2n) is 15.6.